The Morgan fingerprint density at radius 1 is 1.06 bits per heavy atom. The van der Waals surface area contributed by atoms with Crippen molar-refractivity contribution in [2.24, 2.45) is 0 Å². The molecule has 0 amide bonds. The average molecular weight is 260 g/mol. The summed E-state index contributed by atoms with van der Waals surface area (Å²) >= 11 is 0. The second kappa shape index (κ2) is 4.55. The van der Waals surface area contributed by atoms with Crippen LogP contribution in [0.3, 0.4) is 0 Å². The Kier molecular flexibility index (Phi) is 2.89. The smallest absolute Gasteiger partial charge is 0.207 e. The molecule has 0 radical (unpaired) electrons. The standard InChI is InChI=1S/C14H12O3S/c15-13(10-6-2-1-3-7-10)14-17-11-8-4-5-9-12(11)18(14)16/h1-9,13-15H/t13-,14-,18?/m0/s1. The molecule has 0 aliphatic carbocycles. The Labute approximate surface area is 107 Å². The lowest BCUT2D eigenvalue weighted by Crippen LogP contribution is -2.25. The van der Waals surface area contributed by atoms with E-state index in [1.165, 1.54) is 0 Å². The van der Waals surface area contributed by atoms with E-state index >= 15 is 0 Å². The van der Waals surface area contributed by atoms with Gasteiger partial charge in [-0.2, -0.15) is 0 Å². The van der Waals surface area contributed by atoms with Crippen molar-refractivity contribution in [1.29, 1.82) is 0 Å². The van der Waals surface area contributed by atoms with Crippen LogP contribution < -0.4 is 4.74 Å². The second-order valence-electron chi connectivity index (χ2n) is 4.09. The number of fused-ring (bicyclic) bond motifs is 1. The van der Waals surface area contributed by atoms with E-state index < -0.39 is 22.3 Å². The number of hydrogen-bond acceptors (Lipinski definition) is 3. The normalized spacial score (nSPS) is 23.2. The first-order chi connectivity index (χ1) is 8.77. The molecule has 18 heavy (non-hydrogen) atoms. The first-order valence-corrected chi connectivity index (χ1v) is 6.88. The Bertz CT molecular complexity index is 583. The molecule has 4 heteroatoms. The molecule has 3 nitrogen and oxygen atoms in total. The van der Waals surface area contributed by atoms with Crippen LogP contribution in [0.5, 0.6) is 5.75 Å². The highest BCUT2D eigenvalue weighted by molar-refractivity contribution is 7.86. The van der Waals surface area contributed by atoms with Crippen LogP contribution in [0.4, 0.5) is 0 Å². The minimum Gasteiger partial charge on any atom is -0.472 e. The van der Waals surface area contributed by atoms with Crippen molar-refractivity contribution in [3.63, 3.8) is 0 Å². The van der Waals surface area contributed by atoms with Crippen LogP contribution >= 0.6 is 0 Å². The minimum atomic E-state index is -1.34. The molecule has 0 spiro atoms. The molecule has 1 aliphatic heterocycles. The molecule has 1 unspecified atom stereocenters. The van der Waals surface area contributed by atoms with Gasteiger partial charge in [-0.1, -0.05) is 42.5 Å². The molecule has 1 aliphatic rings. The Morgan fingerprint density at radius 2 is 1.72 bits per heavy atom. The highest BCUT2D eigenvalue weighted by Crippen LogP contribution is 2.37. The number of benzene rings is 2. The van der Waals surface area contributed by atoms with Crippen molar-refractivity contribution in [3.05, 3.63) is 60.2 Å². The Hall–Kier alpha value is -1.65. The lowest BCUT2D eigenvalue weighted by molar-refractivity contribution is 0.0885. The predicted molar refractivity (Wildman–Crippen MR) is 68.7 cm³/mol. The molecular formula is C14H12O3S. The van der Waals surface area contributed by atoms with E-state index in [9.17, 15) is 9.32 Å². The predicted octanol–water partition coefficient (Wildman–Crippen LogP) is 2.25. The highest BCUT2D eigenvalue weighted by atomic mass is 32.2. The van der Waals surface area contributed by atoms with Gasteiger partial charge in [-0.05, 0) is 17.7 Å². The minimum absolute atomic E-state index is 0.593. The molecule has 92 valence electrons. The van der Waals surface area contributed by atoms with Crippen LogP contribution in [0.1, 0.15) is 11.7 Å². The van der Waals surface area contributed by atoms with Crippen molar-refractivity contribution in [1.82, 2.24) is 0 Å². The molecule has 0 saturated heterocycles. The number of para-hydroxylation sites is 1. The molecule has 0 saturated carbocycles. The summed E-state index contributed by atoms with van der Waals surface area (Å²) in [5.41, 5.74) is -0.0199. The van der Waals surface area contributed by atoms with E-state index in [4.69, 9.17) is 4.74 Å². The largest absolute Gasteiger partial charge is 0.472 e. The van der Waals surface area contributed by atoms with E-state index in [0.717, 1.165) is 0 Å². The molecule has 1 N–H and O–H groups in total. The molecule has 0 fully saturated rings. The summed E-state index contributed by atoms with van der Waals surface area (Å²) in [6.45, 7) is 0. The molecule has 2 aromatic carbocycles. The molecule has 3 rings (SSSR count). The molecule has 0 aromatic heterocycles. The zero-order chi connectivity index (χ0) is 12.5. The maximum Gasteiger partial charge on any atom is 0.207 e. The van der Waals surface area contributed by atoms with E-state index in [2.05, 4.69) is 0 Å². The Balaban J connectivity index is 1.91. The summed E-state index contributed by atoms with van der Waals surface area (Å²) in [6.07, 6.45) is -0.889. The van der Waals surface area contributed by atoms with E-state index in [0.29, 0.717) is 16.2 Å². The number of rotatable bonds is 2. The van der Waals surface area contributed by atoms with Crippen LogP contribution in [-0.4, -0.2) is 14.8 Å². The second-order valence-corrected chi connectivity index (χ2v) is 5.59. The van der Waals surface area contributed by atoms with Gasteiger partial charge in [0, 0.05) is 0 Å². The first kappa shape index (κ1) is 11.4. The fourth-order valence-corrected chi connectivity index (χ4v) is 3.36. The van der Waals surface area contributed by atoms with Gasteiger partial charge in [0.2, 0.25) is 5.44 Å². The van der Waals surface area contributed by atoms with Gasteiger partial charge in [-0.3, -0.25) is 4.21 Å². The van der Waals surface area contributed by atoms with Gasteiger partial charge in [0.25, 0.3) is 0 Å². The summed E-state index contributed by atoms with van der Waals surface area (Å²) in [7, 11) is -1.34. The molecular weight excluding hydrogens is 248 g/mol. The first-order valence-electron chi connectivity index (χ1n) is 5.66. The average Bonchev–Trinajstić information content (AvgIpc) is 2.77. The summed E-state index contributed by atoms with van der Waals surface area (Å²) in [5, 5.41) is 10.2. The summed E-state index contributed by atoms with van der Waals surface area (Å²) < 4.78 is 17.8. The van der Waals surface area contributed by atoms with Gasteiger partial charge in [0.15, 0.2) is 0 Å². The molecule has 2 aromatic rings. The lowest BCUT2D eigenvalue weighted by Gasteiger charge is -2.17. The van der Waals surface area contributed by atoms with Crippen molar-refractivity contribution in [2.75, 3.05) is 0 Å². The SMILES string of the molecule is O=S1c2ccccc2O[C@@H]1[C@@H](O)c1ccccc1. The van der Waals surface area contributed by atoms with Gasteiger partial charge in [-0.15, -0.1) is 0 Å². The summed E-state index contributed by atoms with van der Waals surface area (Å²) in [4.78, 5) is 0.650. The van der Waals surface area contributed by atoms with Crippen molar-refractivity contribution >= 4 is 10.8 Å². The number of hydrogen-bond donors (Lipinski definition) is 1. The van der Waals surface area contributed by atoms with Crippen LogP contribution in [-0.2, 0) is 10.8 Å². The van der Waals surface area contributed by atoms with Gasteiger partial charge in [-0.25, -0.2) is 0 Å². The zero-order valence-electron chi connectivity index (χ0n) is 9.52. The van der Waals surface area contributed by atoms with Gasteiger partial charge >= 0.3 is 0 Å². The van der Waals surface area contributed by atoms with Crippen molar-refractivity contribution in [2.45, 2.75) is 16.4 Å². The van der Waals surface area contributed by atoms with Crippen LogP contribution in [0.15, 0.2) is 59.5 Å². The van der Waals surface area contributed by atoms with Gasteiger partial charge in [0.05, 0.1) is 4.90 Å². The molecule has 1 heterocycles. The Morgan fingerprint density at radius 3 is 2.44 bits per heavy atom. The van der Waals surface area contributed by atoms with Crippen LogP contribution in [0, 0.1) is 0 Å². The summed E-state index contributed by atoms with van der Waals surface area (Å²) in [6, 6.07) is 16.3. The van der Waals surface area contributed by atoms with E-state index in [1.54, 1.807) is 24.3 Å². The number of aliphatic hydroxyl groups is 1. The van der Waals surface area contributed by atoms with Gasteiger partial charge < -0.3 is 9.84 Å². The van der Waals surface area contributed by atoms with E-state index in [-0.39, 0.29) is 0 Å². The fourth-order valence-electron chi connectivity index (χ4n) is 2.00. The van der Waals surface area contributed by atoms with Crippen LogP contribution in [0.2, 0.25) is 0 Å². The topological polar surface area (TPSA) is 46.5 Å². The third-order valence-electron chi connectivity index (χ3n) is 2.92. The van der Waals surface area contributed by atoms with E-state index in [1.807, 2.05) is 30.3 Å². The molecule has 3 atom stereocenters. The quantitative estimate of drug-likeness (QED) is 0.900. The third-order valence-corrected chi connectivity index (χ3v) is 4.47. The maximum absolute atomic E-state index is 12.2. The number of aliphatic hydroxyl groups excluding tert-OH is 1. The number of ether oxygens (including phenoxy) is 1. The maximum atomic E-state index is 12.2. The zero-order valence-corrected chi connectivity index (χ0v) is 10.3. The van der Waals surface area contributed by atoms with Crippen molar-refractivity contribution in [3.8, 4) is 5.75 Å². The van der Waals surface area contributed by atoms with Crippen LogP contribution in [0.25, 0.3) is 0 Å². The monoisotopic (exact) mass is 260 g/mol. The third kappa shape index (κ3) is 1.83. The molecule has 0 bridgehead atoms. The highest BCUT2D eigenvalue weighted by Gasteiger charge is 2.36. The summed E-state index contributed by atoms with van der Waals surface area (Å²) in [5.74, 6) is 0.593. The fraction of sp³-hybridized carbons (Fsp3) is 0.143. The van der Waals surface area contributed by atoms with Gasteiger partial charge in [0.1, 0.15) is 22.7 Å². The van der Waals surface area contributed by atoms with Crippen molar-refractivity contribution < 1.29 is 14.1 Å². The lowest BCUT2D eigenvalue weighted by atomic mass is 10.1.